The number of allylic oxidation sites excluding steroid dienone is 1. The lowest BCUT2D eigenvalue weighted by Gasteiger charge is -2.55. The summed E-state index contributed by atoms with van der Waals surface area (Å²) in [5, 5.41) is 4.18. The lowest BCUT2D eigenvalue weighted by Crippen LogP contribution is -2.50. The number of anilines is 2. The van der Waals surface area contributed by atoms with E-state index in [0.29, 0.717) is 56.8 Å². The minimum Gasteiger partial charge on any atom is -0.493 e. The molecule has 3 N–H and O–H groups in total. The third-order valence-electron chi connectivity index (χ3n) is 9.51. The van der Waals surface area contributed by atoms with Crippen LogP contribution in [0.3, 0.4) is 0 Å². The van der Waals surface area contributed by atoms with E-state index in [1.54, 1.807) is 28.3 Å². The molecule has 4 bridgehead atoms. The molecule has 40 heavy (non-hydrogen) atoms. The van der Waals surface area contributed by atoms with Crippen LogP contribution in [0.15, 0.2) is 23.4 Å². The molecule has 4 saturated carbocycles. The first-order chi connectivity index (χ1) is 19.2. The van der Waals surface area contributed by atoms with Gasteiger partial charge in [-0.1, -0.05) is 0 Å². The van der Waals surface area contributed by atoms with Gasteiger partial charge in [0.1, 0.15) is 0 Å². The van der Waals surface area contributed by atoms with Gasteiger partial charge in [0.25, 0.3) is 0 Å². The number of benzene rings is 1. The van der Waals surface area contributed by atoms with Crippen molar-refractivity contribution in [3.8, 4) is 17.2 Å². The third kappa shape index (κ3) is 4.07. The summed E-state index contributed by atoms with van der Waals surface area (Å²) in [5.74, 6) is 2.51. The number of carbonyl (C=O) groups excluding carboxylic acids is 2. The maximum Gasteiger partial charge on any atom is 0.336 e. The zero-order valence-electron chi connectivity index (χ0n) is 23.8. The van der Waals surface area contributed by atoms with Crippen LogP contribution in [0.25, 0.3) is 0 Å². The second-order valence-electron chi connectivity index (χ2n) is 11.9. The van der Waals surface area contributed by atoms with Gasteiger partial charge in [0.05, 0.1) is 49.1 Å². The van der Waals surface area contributed by atoms with Gasteiger partial charge in [0, 0.05) is 22.6 Å². The minimum absolute atomic E-state index is 0.185. The molecule has 2 heterocycles. The number of rotatable bonds is 8. The van der Waals surface area contributed by atoms with Crippen LogP contribution in [-0.2, 0) is 9.53 Å². The maximum atomic E-state index is 14.4. The van der Waals surface area contributed by atoms with Crippen molar-refractivity contribution in [2.45, 2.75) is 58.3 Å². The van der Waals surface area contributed by atoms with Crippen molar-refractivity contribution >= 4 is 33.8 Å². The average Bonchev–Trinajstić information content (AvgIpc) is 3.25. The summed E-state index contributed by atoms with van der Waals surface area (Å²) in [5.41, 5.74) is 9.64. The van der Waals surface area contributed by atoms with Gasteiger partial charge in [-0.3, -0.25) is 4.79 Å². The highest BCUT2D eigenvalue weighted by atomic mass is 32.1. The molecule has 1 unspecified atom stereocenters. The molecule has 214 valence electrons. The molecule has 4 fully saturated rings. The number of nitrogens with two attached hydrogens (primary N) is 1. The van der Waals surface area contributed by atoms with Crippen LogP contribution in [0.2, 0.25) is 0 Å². The normalized spacial score (nSPS) is 28.1. The van der Waals surface area contributed by atoms with Gasteiger partial charge in [0.2, 0.25) is 5.75 Å². The summed E-state index contributed by atoms with van der Waals surface area (Å²) >= 11 is 1.42. The Morgan fingerprint density at radius 3 is 2.08 bits per heavy atom. The lowest BCUT2D eigenvalue weighted by atomic mass is 9.48. The number of ketones is 1. The molecule has 5 aliphatic rings. The number of thiophene rings is 1. The van der Waals surface area contributed by atoms with Crippen LogP contribution in [0.1, 0.15) is 79.1 Å². The zero-order valence-corrected chi connectivity index (χ0v) is 24.7. The van der Waals surface area contributed by atoms with Crippen molar-refractivity contribution in [2.75, 3.05) is 39.0 Å². The number of Topliss-reactive ketones (excluding diaryl/α,β-unsaturated/α-hetero) is 1. The molecule has 1 atom stereocenters. The zero-order chi connectivity index (χ0) is 28.3. The van der Waals surface area contributed by atoms with Crippen LogP contribution < -0.4 is 25.3 Å². The molecule has 0 radical (unpaired) electrons. The summed E-state index contributed by atoms with van der Waals surface area (Å²) in [7, 11) is 4.67. The molecule has 1 aromatic carbocycles. The number of hydrogen-bond donors (Lipinski definition) is 2. The number of carbonyl (C=O) groups is 2. The monoisotopic (exact) mass is 566 g/mol. The molecule has 1 aliphatic heterocycles. The molecule has 4 aliphatic carbocycles. The van der Waals surface area contributed by atoms with Gasteiger partial charge in [-0.2, -0.15) is 0 Å². The number of hydrogen-bond acceptors (Lipinski definition) is 9. The van der Waals surface area contributed by atoms with Gasteiger partial charge in [-0.05, 0) is 87.8 Å². The molecule has 7 rings (SSSR count). The minimum atomic E-state index is -0.585. The predicted molar refractivity (Wildman–Crippen MR) is 155 cm³/mol. The van der Waals surface area contributed by atoms with Gasteiger partial charge < -0.3 is 30.0 Å². The first-order valence-electron chi connectivity index (χ1n) is 14.1. The number of ether oxygens (including phenoxy) is 4. The third-order valence-corrected chi connectivity index (χ3v) is 10.6. The van der Waals surface area contributed by atoms with E-state index in [1.165, 1.54) is 30.6 Å². The van der Waals surface area contributed by atoms with E-state index in [-0.39, 0.29) is 17.8 Å². The second kappa shape index (κ2) is 10.0. The standard InChI is InChI=1S/C31H38N2O6S/c1-6-39-30(35)22-15(2)33-29-24(23(22)19-10-20(36-3)26(38-5)21(11-19)37-4)25(32)27(40-29)28(34)31-12-16-7-17(13-31)9-18(8-16)14-31/h10-11,16-18,23,33H,6-9,12-14,32H2,1-5H3. The number of fused-ring (bicyclic) bond motifs is 1. The van der Waals surface area contributed by atoms with Crippen molar-refractivity contribution in [3.05, 3.63) is 39.4 Å². The van der Waals surface area contributed by atoms with E-state index in [4.69, 9.17) is 24.7 Å². The van der Waals surface area contributed by atoms with Crippen LogP contribution in [0.4, 0.5) is 10.7 Å². The molecule has 0 saturated heterocycles. The molecule has 9 heteroatoms. The van der Waals surface area contributed by atoms with E-state index >= 15 is 0 Å². The van der Waals surface area contributed by atoms with Crippen molar-refractivity contribution in [2.24, 2.45) is 23.2 Å². The smallest absolute Gasteiger partial charge is 0.336 e. The second-order valence-corrected chi connectivity index (χ2v) is 12.9. The fourth-order valence-electron chi connectivity index (χ4n) is 8.31. The van der Waals surface area contributed by atoms with Crippen LogP contribution >= 0.6 is 11.3 Å². The number of nitrogens with one attached hydrogen (secondary N) is 1. The first kappa shape index (κ1) is 27.0. The summed E-state index contributed by atoms with van der Waals surface area (Å²) in [4.78, 5) is 28.4. The topological polar surface area (TPSA) is 109 Å². The van der Waals surface area contributed by atoms with Crippen LogP contribution in [0.5, 0.6) is 17.2 Å². The highest BCUT2D eigenvalue weighted by molar-refractivity contribution is 7.19. The molecule has 0 amide bonds. The van der Waals surface area contributed by atoms with Crippen LogP contribution in [-0.4, -0.2) is 39.7 Å². The van der Waals surface area contributed by atoms with Gasteiger partial charge in [0.15, 0.2) is 17.3 Å². The number of esters is 1. The van der Waals surface area contributed by atoms with Crippen LogP contribution in [0, 0.1) is 23.2 Å². The van der Waals surface area contributed by atoms with E-state index in [2.05, 4.69) is 5.32 Å². The Kier molecular flexibility index (Phi) is 6.76. The molecule has 0 spiro atoms. The number of nitrogen functional groups attached to an aromatic ring is 1. The summed E-state index contributed by atoms with van der Waals surface area (Å²) in [6, 6.07) is 3.68. The Morgan fingerprint density at radius 2 is 1.57 bits per heavy atom. The Hall–Kier alpha value is -3.20. The van der Waals surface area contributed by atoms with E-state index in [1.807, 2.05) is 19.1 Å². The number of methoxy groups -OCH3 is 3. The molecule has 2 aromatic rings. The van der Waals surface area contributed by atoms with Crippen molar-refractivity contribution in [3.63, 3.8) is 0 Å². The molecule has 8 nitrogen and oxygen atoms in total. The van der Waals surface area contributed by atoms with Crippen molar-refractivity contribution in [1.82, 2.24) is 0 Å². The average molecular weight is 567 g/mol. The maximum absolute atomic E-state index is 14.4. The molecular weight excluding hydrogens is 528 g/mol. The fraction of sp³-hybridized carbons (Fsp3) is 0.548. The van der Waals surface area contributed by atoms with Gasteiger partial charge in [-0.25, -0.2) is 4.79 Å². The van der Waals surface area contributed by atoms with E-state index in [9.17, 15) is 9.59 Å². The van der Waals surface area contributed by atoms with Gasteiger partial charge >= 0.3 is 5.97 Å². The van der Waals surface area contributed by atoms with E-state index < -0.39 is 11.9 Å². The predicted octanol–water partition coefficient (Wildman–Crippen LogP) is 6.15. The Labute approximate surface area is 239 Å². The molecule has 1 aromatic heterocycles. The summed E-state index contributed by atoms with van der Waals surface area (Å²) < 4.78 is 22.3. The Bertz CT molecular complexity index is 1350. The highest BCUT2D eigenvalue weighted by Gasteiger charge is 2.55. The SMILES string of the molecule is CCOC(=O)C1=C(C)Nc2sc(C(=O)C34CC5CC(CC(C5)C3)C4)c(N)c2C1c1cc(OC)c(OC)c(OC)c1. The highest BCUT2D eigenvalue weighted by Crippen LogP contribution is 2.62. The fourth-order valence-corrected chi connectivity index (χ4v) is 9.59. The van der Waals surface area contributed by atoms with Crippen molar-refractivity contribution < 1.29 is 28.5 Å². The Balaban J connectivity index is 1.49. The largest absolute Gasteiger partial charge is 0.493 e. The summed E-state index contributed by atoms with van der Waals surface area (Å²) in [6.45, 7) is 3.88. The lowest BCUT2D eigenvalue weighted by molar-refractivity contribution is -0.138. The summed E-state index contributed by atoms with van der Waals surface area (Å²) in [6.07, 6.45) is 6.69. The first-order valence-corrected chi connectivity index (χ1v) is 15.0. The van der Waals surface area contributed by atoms with Crippen molar-refractivity contribution in [1.29, 1.82) is 0 Å². The van der Waals surface area contributed by atoms with Gasteiger partial charge in [-0.15, -0.1) is 11.3 Å². The quantitative estimate of drug-likeness (QED) is 0.289. The van der Waals surface area contributed by atoms with E-state index in [0.717, 1.165) is 35.4 Å². The Morgan fingerprint density at radius 1 is 1.00 bits per heavy atom. The molecular formula is C31H38N2O6S.